The fourth-order valence-corrected chi connectivity index (χ4v) is 1.76. The smallest absolute Gasteiger partial charge is 0.406 e. The van der Waals surface area contributed by atoms with Crippen molar-refractivity contribution < 1.29 is 35.5 Å². The summed E-state index contributed by atoms with van der Waals surface area (Å²) in [6.07, 6.45) is -9.55. The highest BCUT2D eigenvalue weighted by atomic mass is 19.4. The topological polar surface area (TPSA) is 22.1 Å². The SMILES string of the molecule is Fc1cc(-c2cccc(OC(F)(F)F)c2)c(C(F)(F)F)cn1. The van der Waals surface area contributed by atoms with Crippen molar-refractivity contribution in [3.05, 3.63) is 48.0 Å². The molecule has 0 aliphatic carbocycles. The Hall–Kier alpha value is -2.32. The van der Waals surface area contributed by atoms with Crippen LogP contribution in [0.2, 0.25) is 0 Å². The van der Waals surface area contributed by atoms with Gasteiger partial charge in [-0.25, -0.2) is 4.98 Å². The lowest BCUT2D eigenvalue weighted by Crippen LogP contribution is -2.17. The van der Waals surface area contributed by atoms with Gasteiger partial charge in [-0.1, -0.05) is 12.1 Å². The number of alkyl halides is 6. The van der Waals surface area contributed by atoms with E-state index in [1.165, 1.54) is 0 Å². The predicted octanol–water partition coefficient (Wildman–Crippen LogP) is 4.81. The zero-order valence-electron chi connectivity index (χ0n) is 10.5. The minimum atomic E-state index is -4.99. The molecule has 0 radical (unpaired) electrons. The van der Waals surface area contributed by atoms with Gasteiger partial charge in [0.05, 0.1) is 5.56 Å². The third-order valence-electron chi connectivity index (χ3n) is 2.55. The van der Waals surface area contributed by atoms with E-state index >= 15 is 0 Å². The van der Waals surface area contributed by atoms with E-state index in [1.807, 2.05) is 0 Å². The van der Waals surface area contributed by atoms with E-state index in [0.29, 0.717) is 6.07 Å². The molecule has 0 N–H and O–H groups in total. The molecule has 2 nitrogen and oxygen atoms in total. The van der Waals surface area contributed by atoms with Gasteiger partial charge in [0.2, 0.25) is 5.95 Å². The number of rotatable bonds is 2. The van der Waals surface area contributed by atoms with Crippen molar-refractivity contribution >= 4 is 0 Å². The van der Waals surface area contributed by atoms with Crippen LogP contribution in [0.4, 0.5) is 30.7 Å². The molecule has 9 heteroatoms. The van der Waals surface area contributed by atoms with Gasteiger partial charge in [0.15, 0.2) is 0 Å². The largest absolute Gasteiger partial charge is 0.573 e. The number of nitrogens with zero attached hydrogens (tertiary/aromatic N) is 1. The van der Waals surface area contributed by atoms with Gasteiger partial charge < -0.3 is 4.74 Å². The zero-order chi connectivity index (χ0) is 16.5. The Morgan fingerprint density at radius 2 is 1.64 bits per heavy atom. The Morgan fingerprint density at radius 3 is 2.23 bits per heavy atom. The summed E-state index contributed by atoms with van der Waals surface area (Å²) in [4.78, 5) is 2.92. The van der Waals surface area contributed by atoms with Gasteiger partial charge in [-0.05, 0) is 17.7 Å². The molecular weight excluding hydrogens is 319 g/mol. The molecule has 2 aromatic rings. The molecule has 1 heterocycles. The lowest BCUT2D eigenvalue weighted by atomic mass is 10.0. The molecule has 118 valence electrons. The van der Waals surface area contributed by atoms with Crippen LogP contribution in [-0.2, 0) is 6.18 Å². The monoisotopic (exact) mass is 325 g/mol. The summed E-state index contributed by atoms with van der Waals surface area (Å²) >= 11 is 0. The quantitative estimate of drug-likeness (QED) is 0.584. The summed E-state index contributed by atoms with van der Waals surface area (Å²) in [5, 5.41) is 0. The molecule has 1 aromatic carbocycles. The van der Waals surface area contributed by atoms with Gasteiger partial charge in [-0.3, -0.25) is 0 Å². The fraction of sp³-hybridized carbons (Fsp3) is 0.154. The van der Waals surface area contributed by atoms with Crippen LogP contribution in [0, 0.1) is 5.95 Å². The standard InChI is InChI=1S/C13H6F7NO/c14-11-5-9(10(6-21-11)12(15,16)17)7-2-1-3-8(4-7)22-13(18,19)20/h1-6H. The van der Waals surface area contributed by atoms with Crippen molar-refractivity contribution in [3.63, 3.8) is 0 Å². The lowest BCUT2D eigenvalue weighted by Gasteiger charge is -2.14. The lowest BCUT2D eigenvalue weighted by molar-refractivity contribution is -0.274. The van der Waals surface area contributed by atoms with Crippen LogP contribution in [0.3, 0.4) is 0 Å². The molecule has 1 aromatic heterocycles. The first-order valence-electron chi connectivity index (χ1n) is 5.65. The maximum absolute atomic E-state index is 13.1. The summed E-state index contributed by atoms with van der Waals surface area (Å²) in [5.74, 6) is -1.90. The summed E-state index contributed by atoms with van der Waals surface area (Å²) in [7, 11) is 0. The average molecular weight is 325 g/mol. The Morgan fingerprint density at radius 1 is 0.955 bits per heavy atom. The molecule has 0 aliphatic rings. The normalized spacial score (nSPS) is 12.3. The van der Waals surface area contributed by atoms with E-state index in [-0.39, 0.29) is 11.8 Å². The molecule has 0 bridgehead atoms. The van der Waals surface area contributed by atoms with Crippen LogP contribution in [0.15, 0.2) is 36.5 Å². The highest BCUT2D eigenvalue weighted by molar-refractivity contribution is 5.68. The van der Waals surface area contributed by atoms with Gasteiger partial charge in [-0.15, -0.1) is 13.2 Å². The summed E-state index contributed by atoms with van der Waals surface area (Å²) < 4.78 is 91.7. The van der Waals surface area contributed by atoms with Gasteiger partial charge in [-0.2, -0.15) is 17.6 Å². The maximum atomic E-state index is 13.1. The molecule has 0 saturated carbocycles. The van der Waals surface area contributed by atoms with E-state index in [1.54, 1.807) is 0 Å². The van der Waals surface area contributed by atoms with Gasteiger partial charge >= 0.3 is 12.5 Å². The number of hydrogen-bond acceptors (Lipinski definition) is 2. The molecule has 0 saturated heterocycles. The summed E-state index contributed by atoms with van der Waals surface area (Å²) in [5.41, 5.74) is -2.18. The molecule has 0 amide bonds. The Labute approximate surface area is 119 Å². The Bertz CT molecular complexity index is 679. The van der Waals surface area contributed by atoms with Crippen LogP contribution in [0.5, 0.6) is 5.75 Å². The average Bonchev–Trinajstić information content (AvgIpc) is 2.35. The zero-order valence-corrected chi connectivity index (χ0v) is 10.5. The van der Waals surface area contributed by atoms with Crippen molar-refractivity contribution in [2.45, 2.75) is 12.5 Å². The fourth-order valence-electron chi connectivity index (χ4n) is 1.76. The number of pyridine rings is 1. The van der Waals surface area contributed by atoms with Crippen LogP contribution < -0.4 is 4.74 Å². The van der Waals surface area contributed by atoms with Gasteiger partial charge in [0.1, 0.15) is 5.75 Å². The highest BCUT2D eigenvalue weighted by Gasteiger charge is 2.35. The Kier molecular flexibility index (Phi) is 3.99. The van der Waals surface area contributed by atoms with E-state index in [2.05, 4.69) is 9.72 Å². The second kappa shape index (κ2) is 5.47. The first kappa shape index (κ1) is 16.1. The third kappa shape index (κ3) is 3.86. The van der Waals surface area contributed by atoms with E-state index in [9.17, 15) is 30.7 Å². The summed E-state index contributed by atoms with van der Waals surface area (Å²) in [6, 6.07) is 4.32. The number of ether oxygens (including phenoxy) is 1. The van der Waals surface area contributed by atoms with Crippen LogP contribution >= 0.6 is 0 Å². The van der Waals surface area contributed by atoms with Crippen molar-refractivity contribution in [1.29, 1.82) is 0 Å². The number of halogens is 7. The molecule has 0 aliphatic heterocycles. The first-order valence-corrected chi connectivity index (χ1v) is 5.65. The van der Waals surface area contributed by atoms with Crippen LogP contribution in [-0.4, -0.2) is 11.3 Å². The van der Waals surface area contributed by atoms with Gasteiger partial charge in [0.25, 0.3) is 0 Å². The number of hydrogen-bond donors (Lipinski definition) is 0. The van der Waals surface area contributed by atoms with Crippen molar-refractivity contribution in [2.75, 3.05) is 0 Å². The van der Waals surface area contributed by atoms with Crippen molar-refractivity contribution in [2.24, 2.45) is 0 Å². The van der Waals surface area contributed by atoms with E-state index in [0.717, 1.165) is 24.3 Å². The Balaban J connectivity index is 2.52. The second-order valence-electron chi connectivity index (χ2n) is 4.13. The molecular formula is C13H6F7NO. The number of aromatic nitrogens is 1. The molecule has 0 fully saturated rings. The molecule has 0 spiro atoms. The van der Waals surface area contributed by atoms with Gasteiger partial charge in [0, 0.05) is 17.8 Å². The van der Waals surface area contributed by atoms with E-state index < -0.39 is 35.4 Å². The predicted molar refractivity (Wildman–Crippen MR) is 61.3 cm³/mol. The van der Waals surface area contributed by atoms with Crippen molar-refractivity contribution in [3.8, 4) is 16.9 Å². The minimum Gasteiger partial charge on any atom is -0.406 e. The minimum absolute atomic E-state index is 0.280. The molecule has 2 rings (SSSR count). The third-order valence-corrected chi connectivity index (χ3v) is 2.55. The highest BCUT2D eigenvalue weighted by Crippen LogP contribution is 2.38. The van der Waals surface area contributed by atoms with Crippen LogP contribution in [0.1, 0.15) is 5.56 Å². The molecule has 0 atom stereocenters. The number of benzene rings is 1. The second-order valence-corrected chi connectivity index (χ2v) is 4.13. The molecule has 0 unspecified atom stereocenters. The van der Waals surface area contributed by atoms with Crippen molar-refractivity contribution in [1.82, 2.24) is 4.98 Å². The first-order chi connectivity index (χ1) is 10.1. The van der Waals surface area contributed by atoms with Crippen LogP contribution in [0.25, 0.3) is 11.1 Å². The maximum Gasteiger partial charge on any atom is 0.573 e. The summed E-state index contributed by atoms with van der Waals surface area (Å²) in [6.45, 7) is 0. The molecule has 22 heavy (non-hydrogen) atoms. The van der Waals surface area contributed by atoms with E-state index in [4.69, 9.17) is 0 Å².